The van der Waals surface area contributed by atoms with Crippen molar-refractivity contribution in [2.24, 2.45) is 11.8 Å². The Morgan fingerprint density at radius 1 is 0.971 bits per heavy atom. The summed E-state index contributed by atoms with van der Waals surface area (Å²) >= 11 is 0. The molecule has 6 nitrogen and oxygen atoms in total. The molecule has 0 aromatic heterocycles. The lowest BCUT2D eigenvalue weighted by molar-refractivity contribution is 0.0462. The fraction of sp³-hybridized carbons (Fsp3) is 0.519. The van der Waals surface area contributed by atoms with Crippen molar-refractivity contribution in [1.82, 2.24) is 9.21 Å². The van der Waals surface area contributed by atoms with Gasteiger partial charge in [-0.2, -0.15) is 4.31 Å². The summed E-state index contributed by atoms with van der Waals surface area (Å²) in [5.74, 6) is 0.494. The van der Waals surface area contributed by atoms with Crippen molar-refractivity contribution in [2.75, 3.05) is 26.2 Å². The number of aryl methyl sites for hydroxylation is 1. The molecule has 1 amide bonds. The van der Waals surface area contributed by atoms with Crippen LogP contribution < -0.4 is 0 Å². The van der Waals surface area contributed by atoms with Crippen molar-refractivity contribution in [3.8, 4) is 0 Å². The number of benzene rings is 2. The van der Waals surface area contributed by atoms with E-state index < -0.39 is 16.1 Å². The van der Waals surface area contributed by atoms with Crippen molar-refractivity contribution < 1.29 is 18.3 Å². The smallest absolute Gasteiger partial charge is 0.253 e. The molecule has 2 aliphatic rings. The topological polar surface area (TPSA) is 77.9 Å². The van der Waals surface area contributed by atoms with Crippen LogP contribution in [0.3, 0.4) is 0 Å². The maximum Gasteiger partial charge on any atom is 0.253 e. The van der Waals surface area contributed by atoms with E-state index in [1.54, 1.807) is 21.3 Å². The van der Waals surface area contributed by atoms with Gasteiger partial charge in [-0.05, 0) is 80.2 Å². The lowest BCUT2D eigenvalue weighted by Gasteiger charge is -2.34. The Labute approximate surface area is 203 Å². The molecule has 2 saturated heterocycles. The summed E-state index contributed by atoms with van der Waals surface area (Å²) in [6, 6.07) is 13.0. The van der Waals surface area contributed by atoms with E-state index in [-0.39, 0.29) is 16.7 Å². The monoisotopic (exact) mass is 484 g/mol. The van der Waals surface area contributed by atoms with Gasteiger partial charge in [-0.1, -0.05) is 37.3 Å². The Balaban J connectivity index is 1.49. The van der Waals surface area contributed by atoms with Crippen molar-refractivity contribution in [3.05, 3.63) is 64.7 Å². The number of sulfonamides is 1. The first-order chi connectivity index (χ1) is 16.2. The molecule has 0 aliphatic carbocycles. The minimum Gasteiger partial charge on any atom is -0.388 e. The highest BCUT2D eigenvalue weighted by Crippen LogP contribution is 2.32. The molecule has 0 radical (unpaired) electrons. The lowest BCUT2D eigenvalue weighted by atomic mass is 9.87. The SMILES string of the molecule is Cc1cc(C(=O)N2CCC(C(O)c3ccccc3)CC2)cc(S(=O)(=O)N2CCC(C)CC2)c1C. The first kappa shape index (κ1) is 24.9. The number of carbonyl (C=O) groups excluding carboxylic acids is 1. The molecular formula is C27H36N2O4S. The lowest BCUT2D eigenvalue weighted by Crippen LogP contribution is -2.40. The molecule has 1 N–H and O–H groups in total. The maximum absolute atomic E-state index is 13.4. The first-order valence-electron chi connectivity index (χ1n) is 12.3. The number of aliphatic hydroxyl groups is 1. The summed E-state index contributed by atoms with van der Waals surface area (Å²) < 4.78 is 28.5. The molecule has 2 heterocycles. The molecular weight excluding hydrogens is 448 g/mol. The zero-order valence-corrected chi connectivity index (χ0v) is 21.2. The Kier molecular flexibility index (Phi) is 7.45. The molecule has 2 aromatic carbocycles. The van der Waals surface area contributed by atoms with E-state index in [0.29, 0.717) is 56.1 Å². The van der Waals surface area contributed by atoms with E-state index in [2.05, 4.69) is 6.92 Å². The molecule has 0 saturated carbocycles. The molecule has 0 spiro atoms. The second kappa shape index (κ2) is 10.2. The molecule has 1 unspecified atom stereocenters. The third-order valence-corrected chi connectivity index (χ3v) is 9.67. The highest BCUT2D eigenvalue weighted by atomic mass is 32.2. The van der Waals surface area contributed by atoms with Gasteiger partial charge >= 0.3 is 0 Å². The first-order valence-corrected chi connectivity index (χ1v) is 13.8. The molecule has 4 rings (SSSR count). The van der Waals surface area contributed by atoms with E-state index in [0.717, 1.165) is 24.0 Å². The van der Waals surface area contributed by atoms with Gasteiger partial charge in [0.1, 0.15) is 0 Å². The summed E-state index contributed by atoms with van der Waals surface area (Å²) in [5.41, 5.74) is 2.85. The fourth-order valence-electron chi connectivity index (χ4n) is 5.11. The van der Waals surface area contributed by atoms with Crippen LogP contribution in [0.15, 0.2) is 47.4 Å². The summed E-state index contributed by atoms with van der Waals surface area (Å²) in [4.78, 5) is 15.4. The number of piperidine rings is 2. The van der Waals surface area contributed by atoms with Gasteiger partial charge in [0.05, 0.1) is 11.0 Å². The van der Waals surface area contributed by atoms with Crippen LogP contribution in [0.5, 0.6) is 0 Å². The third-order valence-electron chi connectivity index (χ3n) is 7.64. The number of nitrogens with zero attached hydrogens (tertiary/aromatic N) is 2. The minimum absolute atomic E-state index is 0.101. The van der Waals surface area contributed by atoms with Crippen molar-refractivity contribution >= 4 is 15.9 Å². The Morgan fingerprint density at radius 2 is 1.59 bits per heavy atom. The number of aliphatic hydroxyl groups excluding tert-OH is 1. The van der Waals surface area contributed by atoms with E-state index in [1.807, 2.05) is 44.2 Å². The zero-order valence-electron chi connectivity index (χ0n) is 20.4. The summed E-state index contributed by atoms with van der Waals surface area (Å²) in [7, 11) is -3.65. The minimum atomic E-state index is -3.65. The van der Waals surface area contributed by atoms with Gasteiger partial charge in [-0.3, -0.25) is 4.79 Å². The standard InChI is InChI=1S/C27H36N2O4S/c1-19-9-15-29(16-10-19)34(32,33)25-18-24(17-20(2)21(25)3)27(31)28-13-11-23(12-14-28)26(30)22-7-5-4-6-8-22/h4-8,17-19,23,26,30H,9-16H2,1-3H3. The van der Waals surface area contributed by atoms with Crippen molar-refractivity contribution in [1.29, 1.82) is 0 Å². The zero-order chi connectivity index (χ0) is 24.5. The van der Waals surface area contributed by atoms with Crippen LogP contribution in [0.2, 0.25) is 0 Å². The Bertz CT molecular complexity index is 1120. The summed E-state index contributed by atoms with van der Waals surface area (Å²) in [5, 5.41) is 10.7. The van der Waals surface area contributed by atoms with Gasteiger partial charge in [-0.25, -0.2) is 8.42 Å². The number of amides is 1. The van der Waals surface area contributed by atoms with Crippen LogP contribution in [-0.4, -0.2) is 54.8 Å². The van der Waals surface area contributed by atoms with Crippen LogP contribution in [0.1, 0.15) is 65.8 Å². The number of hydrogen-bond acceptors (Lipinski definition) is 4. The quantitative estimate of drug-likeness (QED) is 0.686. The van der Waals surface area contributed by atoms with Gasteiger partial charge in [0, 0.05) is 31.7 Å². The molecule has 2 aromatic rings. The van der Waals surface area contributed by atoms with E-state index in [9.17, 15) is 18.3 Å². The third kappa shape index (κ3) is 5.07. The van der Waals surface area contributed by atoms with E-state index >= 15 is 0 Å². The Hall–Kier alpha value is -2.22. The van der Waals surface area contributed by atoms with Gasteiger partial charge in [0.2, 0.25) is 10.0 Å². The molecule has 7 heteroatoms. The van der Waals surface area contributed by atoms with E-state index in [1.165, 1.54) is 0 Å². The van der Waals surface area contributed by atoms with Gasteiger partial charge in [-0.15, -0.1) is 0 Å². The molecule has 0 bridgehead atoms. The van der Waals surface area contributed by atoms with Gasteiger partial charge in [0.15, 0.2) is 0 Å². The van der Waals surface area contributed by atoms with Crippen LogP contribution in [0, 0.1) is 25.7 Å². The van der Waals surface area contributed by atoms with Gasteiger partial charge < -0.3 is 10.0 Å². The number of carbonyl (C=O) groups is 1. The van der Waals surface area contributed by atoms with Crippen LogP contribution in [0.25, 0.3) is 0 Å². The van der Waals surface area contributed by atoms with E-state index in [4.69, 9.17) is 0 Å². The highest BCUT2D eigenvalue weighted by molar-refractivity contribution is 7.89. The maximum atomic E-state index is 13.4. The average molecular weight is 485 g/mol. The molecule has 2 aliphatic heterocycles. The second-order valence-corrected chi connectivity index (χ2v) is 11.9. The largest absolute Gasteiger partial charge is 0.388 e. The van der Waals surface area contributed by atoms with Gasteiger partial charge in [0.25, 0.3) is 5.91 Å². The van der Waals surface area contributed by atoms with Crippen molar-refractivity contribution in [3.63, 3.8) is 0 Å². The molecule has 1 atom stereocenters. The number of hydrogen-bond donors (Lipinski definition) is 1. The van der Waals surface area contributed by atoms with Crippen LogP contribution in [0.4, 0.5) is 0 Å². The predicted molar refractivity (Wildman–Crippen MR) is 133 cm³/mol. The molecule has 34 heavy (non-hydrogen) atoms. The summed E-state index contributed by atoms with van der Waals surface area (Å²) in [6.07, 6.45) is 2.61. The van der Waals surface area contributed by atoms with Crippen LogP contribution >= 0.6 is 0 Å². The Morgan fingerprint density at radius 3 is 2.21 bits per heavy atom. The molecule has 2 fully saturated rings. The fourth-order valence-corrected chi connectivity index (χ4v) is 6.90. The highest BCUT2D eigenvalue weighted by Gasteiger charge is 2.32. The number of likely N-dealkylation sites (tertiary alicyclic amines) is 1. The normalized spacial score (nSPS) is 19.8. The van der Waals surface area contributed by atoms with Crippen LogP contribution in [-0.2, 0) is 10.0 Å². The van der Waals surface area contributed by atoms with Crippen molar-refractivity contribution in [2.45, 2.75) is 57.5 Å². The summed E-state index contributed by atoms with van der Waals surface area (Å²) in [6.45, 7) is 7.99. The molecule has 184 valence electrons. The number of rotatable bonds is 5. The predicted octanol–water partition coefficient (Wildman–Crippen LogP) is 4.31. The second-order valence-electron chi connectivity index (χ2n) is 9.99. The average Bonchev–Trinajstić information content (AvgIpc) is 2.85.